The van der Waals surface area contributed by atoms with Crippen molar-refractivity contribution in [2.24, 2.45) is 5.41 Å². The molecule has 2 nitrogen and oxygen atoms in total. The Balaban J connectivity index is 2.56. The van der Waals surface area contributed by atoms with Gasteiger partial charge in [0.05, 0.1) is 0 Å². The maximum absolute atomic E-state index is 11.9. The van der Waals surface area contributed by atoms with Crippen LogP contribution in [0.3, 0.4) is 0 Å². The molecule has 0 radical (unpaired) electrons. The number of halogens is 1. The molecule has 0 heterocycles. The van der Waals surface area contributed by atoms with Crippen LogP contribution in [-0.4, -0.2) is 24.3 Å². The molecule has 0 N–H and O–H groups in total. The maximum Gasteiger partial charge on any atom is 0.139 e. The fraction of sp³-hybridized carbons (Fsp3) is 0.562. The van der Waals surface area contributed by atoms with Gasteiger partial charge < -0.3 is 0 Å². The van der Waals surface area contributed by atoms with Crippen LogP contribution < -0.4 is 0 Å². The zero-order valence-corrected chi connectivity index (χ0v) is 13.3. The van der Waals surface area contributed by atoms with Crippen molar-refractivity contribution < 1.29 is 4.79 Å². The Morgan fingerprint density at radius 3 is 2.26 bits per heavy atom. The minimum atomic E-state index is -0.246. The Morgan fingerprint density at radius 1 is 1.26 bits per heavy atom. The molecule has 3 heteroatoms. The lowest BCUT2D eigenvalue weighted by molar-refractivity contribution is -0.126. The van der Waals surface area contributed by atoms with Gasteiger partial charge in [-0.25, -0.2) is 0 Å². The Kier molecular flexibility index (Phi) is 5.57. The minimum absolute atomic E-state index is 0.246. The monoisotopic (exact) mass is 281 g/mol. The van der Waals surface area contributed by atoms with E-state index in [1.54, 1.807) is 0 Å². The van der Waals surface area contributed by atoms with E-state index < -0.39 is 0 Å². The van der Waals surface area contributed by atoms with Crippen LogP contribution >= 0.6 is 11.6 Å². The van der Waals surface area contributed by atoms with E-state index in [2.05, 4.69) is 18.9 Å². The number of hydrogen-bond donors (Lipinski definition) is 0. The summed E-state index contributed by atoms with van der Waals surface area (Å²) < 4.78 is 0. The summed E-state index contributed by atoms with van der Waals surface area (Å²) in [5.41, 5.74) is 0.972. The van der Waals surface area contributed by atoms with Gasteiger partial charge >= 0.3 is 0 Å². The summed E-state index contributed by atoms with van der Waals surface area (Å²) in [4.78, 5) is 14.1. The molecule has 0 spiro atoms. The van der Waals surface area contributed by atoms with E-state index in [0.717, 1.165) is 11.6 Å². The second-order valence-electron chi connectivity index (χ2n) is 6.13. The number of hydrogen-bond acceptors (Lipinski definition) is 2. The van der Waals surface area contributed by atoms with Gasteiger partial charge in [0.15, 0.2) is 0 Å². The predicted octanol–water partition coefficient (Wildman–Crippen LogP) is 4.34. The van der Waals surface area contributed by atoms with Gasteiger partial charge in [0, 0.05) is 29.4 Å². The maximum atomic E-state index is 11.9. The van der Waals surface area contributed by atoms with Crippen LogP contribution in [0.5, 0.6) is 0 Å². The highest BCUT2D eigenvalue weighted by Crippen LogP contribution is 2.22. The largest absolute Gasteiger partial charge is 0.299 e. The lowest BCUT2D eigenvalue weighted by atomic mass is 9.89. The van der Waals surface area contributed by atoms with E-state index in [9.17, 15) is 4.79 Å². The number of benzene rings is 1. The number of nitrogens with zero attached hydrogens (tertiary/aromatic N) is 1. The number of ketones is 1. The third-order valence-corrected chi connectivity index (χ3v) is 3.79. The molecule has 1 aromatic rings. The van der Waals surface area contributed by atoms with Crippen LogP contribution in [0.1, 0.15) is 45.7 Å². The quantitative estimate of drug-likeness (QED) is 0.800. The zero-order chi connectivity index (χ0) is 14.6. The average Bonchev–Trinajstić information content (AvgIpc) is 2.34. The summed E-state index contributed by atoms with van der Waals surface area (Å²) in [6.45, 7) is 8.83. The number of Topliss-reactive ketones (excluding diaryl/α,β-unsaturated/α-hetero) is 1. The Morgan fingerprint density at radius 2 is 1.79 bits per heavy atom. The molecule has 1 atom stereocenters. The van der Waals surface area contributed by atoms with Crippen LogP contribution in [0.15, 0.2) is 24.3 Å². The molecule has 1 aromatic carbocycles. The van der Waals surface area contributed by atoms with Gasteiger partial charge in [-0.1, -0.05) is 44.5 Å². The van der Waals surface area contributed by atoms with Crippen molar-refractivity contribution in [2.45, 2.75) is 40.2 Å². The van der Waals surface area contributed by atoms with Gasteiger partial charge in [0.2, 0.25) is 0 Å². The van der Waals surface area contributed by atoms with Crippen molar-refractivity contribution in [3.63, 3.8) is 0 Å². The first kappa shape index (κ1) is 16.2. The average molecular weight is 282 g/mol. The van der Waals surface area contributed by atoms with Crippen molar-refractivity contribution in [3.05, 3.63) is 34.9 Å². The van der Waals surface area contributed by atoms with E-state index in [1.807, 2.05) is 45.0 Å². The van der Waals surface area contributed by atoms with Crippen molar-refractivity contribution in [1.29, 1.82) is 0 Å². The lowest BCUT2D eigenvalue weighted by Gasteiger charge is -2.26. The molecule has 0 aliphatic heterocycles. The van der Waals surface area contributed by atoms with Crippen molar-refractivity contribution in [1.82, 2.24) is 4.90 Å². The number of carbonyl (C=O) groups excluding carboxylic acids is 1. The lowest BCUT2D eigenvalue weighted by Crippen LogP contribution is -2.29. The first-order chi connectivity index (χ1) is 8.71. The molecule has 1 unspecified atom stereocenters. The van der Waals surface area contributed by atoms with Gasteiger partial charge in [0.25, 0.3) is 0 Å². The molecule has 0 aliphatic rings. The molecular formula is C16H24ClNO. The Hall–Kier alpha value is -0.860. The van der Waals surface area contributed by atoms with Crippen LogP contribution in [0.2, 0.25) is 5.02 Å². The van der Waals surface area contributed by atoms with Gasteiger partial charge in [-0.2, -0.15) is 0 Å². The summed E-state index contributed by atoms with van der Waals surface area (Å²) >= 11 is 5.89. The minimum Gasteiger partial charge on any atom is -0.299 e. The van der Waals surface area contributed by atoms with E-state index >= 15 is 0 Å². The van der Waals surface area contributed by atoms with Gasteiger partial charge in [-0.3, -0.25) is 9.69 Å². The first-order valence-electron chi connectivity index (χ1n) is 6.71. The summed E-state index contributed by atoms with van der Waals surface area (Å²) in [5.74, 6) is 0.308. The molecule has 19 heavy (non-hydrogen) atoms. The molecule has 0 aliphatic carbocycles. The second kappa shape index (κ2) is 6.53. The van der Waals surface area contributed by atoms with Crippen molar-refractivity contribution in [3.8, 4) is 0 Å². The molecular weight excluding hydrogens is 258 g/mol. The highest BCUT2D eigenvalue weighted by atomic mass is 35.5. The van der Waals surface area contributed by atoms with Crippen LogP contribution in [0, 0.1) is 5.41 Å². The fourth-order valence-electron chi connectivity index (χ4n) is 1.84. The molecule has 0 fully saturated rings. The highest BCUT2D eigenvalue weighted by Gasteiger charge is 2.22. The molecule has 1 rings (SSSR count). The van der Waals surface area contributed by atoms with Gasteiger partial charge in [0.1, 0.15) is 5.78 Å². The van der Waals surface area contributed by atoms with Crippen LogP contribution in [0.4, 0.5) is 0 Å². The summed E-state index contributed by atoms with van der Waals surface area (Å²) in [6, 6.07) is 8.16. The molecule has 0 saturated heterocycles. The number of rotatable bonds is 5. The van der Waals surface area contributed by atoms with Gasteiger partial charge in [-0.05, 0) is 31.7 Å². The fourth-order valence-corrected chi connectivity index (χ4v) is 1.97. The predicted molar refractivity (Wildman–Crippen MR) is 81.6 cm³/mol. The van der Waals surface area contributed by atoms with E-state index in [-0.39, 0.29) is 11.5 Å². The van der Waals surface area contributed by atoms with E-state index in [1.165, 1.54) is 5.56 Å². The standard InChI is InChI=1S/C16H24ClNO/c1-12(13-6-8-14(17)9-7-13)18(5)11-10-15(19)16(2,3)4/h6-9,12H,10-11H2,1-5H3. The summed E-state index contributed by atoms with van der Waals surface area (Å²) in [6.07, 6.45) is 0.595. The molecule has 0 saturated carbocycles. The highest BCUT2D eigenvalue weighted by molar-refractivity contribution is 6.30. The third-order valence-electron chi connectivity index (χ3n) is 3.54. The molecule has 0 aromatic heterocycles. The van der Waals surface area contributed by atoms with Crippen LogP contribution in [0.25, 0.3) is 0 Å². The molecule has 0 bridgehead atoms. The van der Waals surface area contributed by atoms with E-state index in [0.29, 0.717) is 12.2 Å². The topological polar surface area (TPSA) is 20.3 Å². The van der Waals surface area contributed by atoms with Gasteiger partial charge in [-0.15, -0.1) is 0 Å². The normalized spacial score (nSPS) is 13.6. The molecule has 0 amide bonds. The number of carbonyl (C=O) groups is 1. The second-order valence-corrected chi connectivity index (χ2v) is 6.57. The molecule has 106 valence electrons. The van der Waals surface area contributed by atoms with Crippen molar-refractivity contribution >= 4 is 17.4 Å². The zero-order valence-electron chi connectivity index (χ0n) is 12.5. The van der Waals surface area contributed by atoms with Crippen molar-refractivity contribution in [2.75, 3.05) is 13.6 Å². The first-order valence-corrected chi connectivity index (χ1v) is 7.08. The summed E-state index contributed by atoms with van der Waals surface area (Å²) in [7, 11) is 2.05. The summed E-state index contributed by atoms with van der Waals surface area (Å²) in [5, 5.41) is 0.751. The van der Waals surface area contributed by atoms with Crippen LogP contribution in [-0.2, 0) is 4.79 Å². The smallest absolute Gasteiger partial charge is 0.139 e. The van der Waals surface area contributed by atoms with E-state index in [4.69, 9.17) is 11.6 Å². The Bertz CT molecular complexity index is 419. The SMILES string of the molecule is CC(c1ccc(Cl)cc1)N(C)CCC(=O)C(C)(C)C. The third kappa shape index (κ3) is 4.96. The Labute approximate surface area is 121 Å².